The topological polar surface area (TPSA) is 52.1 Å². The summed E-state index contributed by atoms with van der Waals surface area (Å²) in [5.74, 6) is 0.479. The Morgan fingerprint density at radius 3 is 2.53 bits per heavy atom. The number of carbonyl (C=O) groups is 1. The fraction of sp³-hybridized carbons (Fsp3) is 0.615. The van der Waals surface area contributed by atoms with Crippen molar-refractivity contribution in [3.8, 4) is 0 Å². The van der Waals surface area contributed by atoms with E-state index in [0.717, 1.165) is 11.4 Å². The molecule has 1 aromatic rings. The van der Waals surface area contributed by atoms with Crippen molar-refractivity contribution in [3.63, 3.8) is 0 Å². The van der Waals surface area contributed by atoms with Crippen LogP contribution < -0.4 is 0 Å². The van der Waals surface area contributed by atoms with Gasteiger partial charge in [-0.15, -0.1) is 0 Å². The van der Waals surface area contributed by atoms with Crippen molar-refractivity contribution < 1.29 is 9.53 Å². The largest absolute Gasteiger partial charge is 0.469 e. The lowest BCUT2D eigenvalue weighted by molar-refractivity contribution is -0.140. The number of esters is 1. The molecular formula is C13H20N2O2. The van der Waals surface area contributed by atoms with E-state index < -0.39 is 0 Å². The van der Waals surface area contributed by atoms with Crippen molar-refractivity contribution in [3.05, 3.63) is 23.3 Å². The summed E-state index contributed by atoms with van der Waals surface area (Å²) in [6, 6.07) is 1.99. The summed E-state index contributed by atoms with van der Waals surface area (Å²) in [4.78, 5) is 19.9. The number of carbonyl (C=O) groups excluding carboxylic acids is 1. The molecule has 0 aliphatic heterocycles. The first-order chi connectivity index (χ1) is 7.82. The molecule has 0 fully saturated rings. The van der Waals surface area contributed by atoms with E-state index in [1.54, 1.807) is 0 Å². The highest BCUT2D eigenvalue weighted by atomic mass is 16.5. The van der Waals surface area contributed by atoms with Gasteiger partial charge in [-0.25, -0.2) is 9.97 Å². The standard InChI is InChI=1S/C13H20N2O2/c1-9-8-10(13(2,3)4)15-11(14-9)6-7-12(16)17-5/h8H,6-7H2,1-5H3. The molecule has 1 heterocycles. The maximum absolute atomic E-state index is 11.1. The molecule has 0 saturated carbocycles. The molecule has 0 spiro atoms. The van der Waals surface area contributed by atoms with E-state index in [0.29, 0.717) is 18.7 Å². The third-order valence-electron chi connectivity index (χ3n) is 2.45. The molecule has 0 atom stereocenters. The van der Waals surface area contributed by atoms with Gasteiger partial charge < -0.3 is 4.74 Å². The lowest BCUT2D eigenvalue weighted by Crippen LogP contribution is -2.16. The van der Waals surface area contributed by atoms with Crippen molar-refractivity contribution in [2.75, 3.05) is 7.11 Å². The van der Waals surface area contributed by atoms with Crippen LogP contribution in [0.5, 0.6) is 0 Å². The maximum Gasteiger partial charge on any atom is 0.305 e. The zero-order valence-corrected chi connectivity index (χ0v) is 11.2. The first-order valence-electron chi connectivity index (χ1n) is 5.75. The van der Waals surface area contributed by atoms with Crippen molar-refractivity contribution >= 4 is 5.97 Å². The molecular weight excluding hydrogens is 216 g/mol. The highest BCUT2D eigenvalue weighted by Crippen LogP contribution is 2.20. The van der Waals surface area contributed by atoms with Crippen molar-refractivity contribution in [2.45, 2.75) is 46.0 Å². The van der Waals surface area contributed by atoms with Gasteiger partial charge in [-0.05, 0) is 13.0 Å². The third kappa shape index (κ3) is 4.13. The van der Waals surface area contributed by atoms with E-state index in [1.165, 1.54) is 7.11 Å². The van der Waals surface area contributed by atoms with Gasteiger partial charge in [-0.1, -0.05) is 20.8 Å². The summed E-state index contributed by atoms with van der Waals surface area (Å²) < 4.78 is 4.61. The van der Waals surface area contributed by atoms with E-state index in [4.69, 9.17) is 0 Å². The highest BCUT2D eigenvalue weighted by molar-refractivity contribution is 5.69. The Labute approximate surface area is 102 Å². The third-order valence-corrected chi connectivity index (χ3v) is 2.45. The molecule has 94 valence electrons. The minimum Gasteiger partial charge on any atom is -0.469 e. The molecule has 0 N–H and O–H groups in total. The first kappa shape index (κ1) is 13.6. The highest BCUT2D eigenvalue weighted by Gasteiger charge is 2.17. The number of hydrogen-bond donors (Lipinski definition) is 0. The Kier molecular flexibility index (Phi) is 4.21. The van der Waals surface area contributed by atoms with E-state index in [-0.39, 0.29) is 11.4 Å². The summed E-state index contributed by atoms with van der Waals surface area (Å²) in [6.45, 7) is 8.27. The second-order valence-corrected chi connectivity index (χ2v) is 5.14. The average molecular weight is 236 g/mol. The second kappa shape index (κ2) is 5.25. The summed E-state index contributed by atoms with van der Waals surface area (Å²) >= 11 is 0. The summed E-state index contributed by atoms with van der Waals surface area (Å²) in [7, 11) is 1.39. The quantitative estimate of drug-likeness (QED) is 0.755. The lowest BCUT2D eigenvalue weighted by Gasteiger charge is -2.18. The zero-order chi connectivity index (χ0) is 13.1. The number of aryl methyl sites for hydroxylation is 2. The molecule has 0 unspecified atom stereocenters. The van der Waals surface area contributed by atoms with Crippen LogP contribution in [0.25, 0.3) is 0 Å². The van der Waals surface area contributed by atoms with E-state index >= 15 is 0 Å². The van der Waals surface area contributed by atoms with Crippen molar-refractivity contribution in [1.29, 1.82) is 0 Å². The van der Waals surface area contributed by atoms with Gasteiger partial charge in [0, 0.05) is 23.2 Å². The molecule has 0 radical (unpaired) electrons. The van der Waals surface area contributed by atoms with Crippen LogP contribution in [0.15, 0.2) is 6.07 Å². The zero-order valence-electron chi connectivity index (χ0n) is 11.2. The molecule has 1 rings (SSSR count). The van der Waals surface area contributed by atoms with Gasteiger partial charge in [-0.2, -0.15) is 0 Å². The SMILES string of the molecule is COC(=O)CCc1nc(C)cc(C(C)(C)C)n1. The molecule has 0 aliphatic carbocycles. The van der Waals surface area contributed by atoms with Crippen LogP contribution in [0.1, 0.15) is 44.4 Å². The number of aromatic nitrogens is 2. The maximum atomic E-state index is 11.1. The molecule has 0 saturated heterocycles. The van der Waals surface area contributed by atoms with Gasteiger partial charge in [0.2, 0.25) is 0 Å². The van der Waals surface area contributed by atoms with Crippen molar-refractivity contribution in [2.24, 2.45) is 0 Å². The van der Waals surface area contributed by atoms with Crippen LogP contribution in [0, 0.1) is 6.92 Å². The number of hydrogen-bond acceptors (Lipinski definition) is 4. The molecule has 0 aromatic carbocycles. The minimum absolute atomic E-state index is 0.00623. The van der Waals surface area contributed by atoms with Crippen LogP contribution in [0.2, 0.25) is 0 Å². The number of methoxy groups -OCH3 is 1. The van der Waals surface area contributed by atoms with E-state index in [9.17, 15) is 4.79 Å². The summed E-state index contributed by atoms with van der Waals surface area (Å²) in [6.07, 6.45) is 0.848. The Morgan fingerprint density at radius 1 is 1.35 bits per heavy atom. The van der Waals surface area contributed by atoms with Gasteiger partial charge in [0.05, 0.1) is 13.5 Å². The first-order valence-corrected chi connectivity index (χ1v) is 5.75. The molecule has 0 aliphatic rings. The molecule has 1 aromatic heterocycles. The smallest absolute Gasteiger partial charge is 0.305 e. The number of ether oxygens (including phenoxy) is 1. The normalized spacial score (nSPS) is 11.4. The van der Waals surface area contributed by atoms with Gasteiger partial charge in [0.15, 0.2) is 0 Å². The van der Waals surface area contributed by atoms with Gasteiger partial charge in [0.1, 0.15) is 5.82 Å². The predicted molar refractivity (Wildman–Crippen MR) is 65.8 cm³/mol. The van der Waals surface area contributed by atoms with Gasteiger partial charge in [0.25, 0.3) is 0 Å². The van der Waals surface area contributed by atoms with Gasteiger partial charge >= 0.3 is 5.97 Å². The Bertz CT molecular complexity index is 408. The summed E-state index contributed by atoms with van der Waals surface area (Å²) in [5, 5.41) is 0. The van der Waals surface area contributed by atoms with Crippen LogP contribution >= 0.6 is 0 Å². The van der Waals surface area contributed by atoms with Crippen molar-refractivity contribution in [1.82, 2.24) is 9.97 Å². The van der Waals surface area contributed by atoms with Crippen LogP contribution in [-0.2, 0) is 21.4 Å². The number of rotatable bonds is 3. The molecule has 0 amide bonds. The van der Waals surface area contributed by atoms with Crippen LogP contribution in [0.3, 0.4) is 0 Å². The Balaban J connectivity index is 2.87. The number of nitrogens with zero attached hydrogens (tertiary/aromatic N) is 2. The fourth-order valence-corrected chi connectivity index (χ4v) is 1.44. The molecule has 4 nitrogen and oxygen atoms in total. The fourth-order valence-electron chi connectivity index (χ4n) is 1.44. The minimum atomic E-state index is -0.229. The van der Waals surface area contributed by atoms with Crippen LogP contribution in [0.4, 0.5) is 0 Å². The Hall–Kier alpha value is -1.45. The monoisotopic (exact) mass is 236 g/mol. The molecule has 0 bridgehead atoms. The average Bonchev–Trinajstić information content (AvgIpc) is 2.24. The lowest BCUT2D eigenvalue weighted by atomic mass is 9.91. The van der Waals surface area contributed by atoms with E-state index in [2.05, 4.69) is 35.5 Å². The second-order valence-electron chi connectivity index (χ2n) is 5.14. The molecule has 17 heavy (non-hydrogen) atoms. The van der Waals surface area contributed by atoms with E-state index in [1.807, 2.05) is 13.0 Å². The molecule has 4 heteroatoms. The predicted octanol–water partition coefficient (Wildman–Crippen LogP) is 2.19. The van der Waals surface area contributed by atoms with Crippen LogP contribution in [-0.4, -0.2) is 23.0 Å². The summed E-state index contributed by atoms with van der Waals surface area (Å²) in [5.41, 5.74) is 1.93. The Morgan fingerprint density at radius 2 is 2.00 bits per heavy atom. The van der Waals surface area contributed by atoms with Gasteiger partial charge in [-0.3, -0.25) is 4.79 Å².